The quantitative estimate of drug-likeness (QED) is 0.277. The van der Waals surface area contributed by atoms with Crippen molar-refractivity contribution in [3.05, 3.63) is 109 Å². The van der Waals surface area contributed by atoms with E-state index in [1.54, 1.807) is 24.3 Å². The predicted octanol–water partition coefficient (Wildman–Crippen LogP) is 5.62. The lowest BCUT2D eigenvalue weighted by atomic mass is 10.1. The number of non-ortho nitro benzene ring substituents is 1. The van der Waals surface area contributed by atoms with E-state index in [1.807, 2.05) is 13.0 Å². The standard InChI is InChI=1S/C23H17Cl2N3O4/c1-14-3-2-4-16(11-14)22(29)27-21(12-15-5-8-18(9-6-15)28(31)32)23(30)26-17-7-10-19(24)20(25)13-17/h2-13H,1H3,(H,26,30)(H,27,29)/b21-12-. The van der Waals surface area contributed by atoms with Crippen LogP contribution in [0.5, 0.6) is 0 Å². The summed E-state index contributed by atoms with van der Waals surface area (Å²) in [5, 5.41) is 16.7. The first-order chi connectivity index (χ1) is 15.2. The minimum absolute atomic E-state index is 0.0589. The predicted molar refractivity (Wildman–Crippen MR) is 125 cm³/mol. The van der Waals surface area contributed by atoms with Gasteiger partial charge in [0, 0.05) is 23.4 Å². The van der Waals surface area contributed by atoms with Crippen molar-refractivity contribution >= 4 is 52.5 Å². The highest BCUT2D eigenvalue weighted by atomic mass is 35.5. The number of nitro benzene ring substituents is 1. The number of hydrogen-bond donors (Lipinski definition) is 2. The SMILES string of the molecule is Cc1cccc(C(=O)N/C(=C\c2ccc([N+](=O)[O-])cc2)C(=O)Nc2ccc(Cl)c(Cl)c2)c1. The third kappa shape index (κ3) is 5.94. The van der Waals surface area contributed by atoms with Crippen molar-refractivity contribution in [3.8, 4) is 0 Å². The van der Waals surface area contributed by atoms with Gasteiger partial charge in [-0.1, -0.05) is 40.9 Å². The molecule has 0 spiro atoms. The highest BCUT2D eigenvalue weighted by molar-refractivity contribution is 6.42. The van der Waals surface area contributed by atoms with E-state index in [0.717, 1.165) is 5.56 Å². The zero-order valence-electron chi connectivity index (χ0n) is 16.8. The molecule has 3 aromatic rings. The number of benzene rings is 3. The molecule has 0 radical (unpaired) electrons. The maximum atomic E-state index is 12.9. The van der Waals surface area contributed by atoms with E-state index >= 15 is 0 Å². The molecule has 0 aromatic heterocycles. The summed E-state index contributed by atoms with van der Waals surface area (Å²) in [4.78, 5) is 36.0. The molecule has 0 aliphatic rings. The first kappa shape index (κ1) is 23.0. The number of anilines is 1. The van der Waals surface area contributed by atoms with Crippen LogP contribution in [0.2, 0.25) is 10.0 Å². The summed E-state index contributed by atoms with van der Waals surface area (Å²) < 4.78 is 0. The summed E-state index contributed by atoms with van der Waals surface area (Å²) >= 11 is 11.9. The van der Waals surface area contributed by atoms with E-state index in [0.29, 0.717) is 21.8 Å². The molecule has 0 saturated heterocycles. The topological polar surface area (TPSA) is 101 Å². The molecule has 162 valence electrons. The molecule has 32 heavy (non-hydrogen) atoms. The molecular formula is C23H17Cl2N3O4. The number of rotatable bonds is 6. The smallest absolute Gasteiger partial charge is 0.272 e. The van der Waals surface area contributed by atoms with Crippen LogP contribution in [0.25, 0.3) is 6.08 Å². The average molecular weight is 470 g/mol. The molecule has 0 fully saturated rings. The Morgan fingerprint density at radius 3 is 2.31 bits per heavy atom. The Labute approximate surface area is 193 Å². The molecule has 9 heteroatoms. The van der Waals surface area contributed by atoms with Gasteiger partial charge >= 0.3 is 0 Å². The minimum Gasteiger partial charge on any atom is -0.321 e. The van der Waals surface area contributed by atoms with Crippen molar-refractivity contribution in [2.45, 2.75) is 6.92 Å². The van der Waals surface area contributed by atoms with E-state index in [1.165, 1.54) is 42.5 Å². The van der Waals surface area contributed by atoms with Crippen LogP contribution < -0.4 is 10.6 Å². The lowest BCUT2D eigenvalue weighted by Crippen LogP contribution is -2.30. The molecule has 3 aromatic carbocycles. The van der Waals surface area contributed by atoms with Gasteiger partial charge in [-0.05, 0) is 61.0 Å². The third-order valence-corrected chi connectivity index (χ3v) is 5.10. The number of carbonyl (C=O) groups excluding carboxylic acids is 2. The molecule has 7 nitrogen and oxygen atoms in total. The molecule has 0 bridgehead atoms. The van der Waals surface area contributed by atoms with E-state index in [2.05, 4.69) is 10.6 Å². The summed E-state index contributed by atoms with van der Waals surface area (Å²) in [6.45, 7) is 1.85. The van der Waals surface area contributed by atoms with Crippen molar-refractivity contribution in [1.29, 1.82) is 0 Å². The molecule has 0 atom stereocenters. The minimum atomic E-state index is -0.609. The van der Waals surface area contributed by atoms with Crippen LogP contribution in [0.1, 0.15) is 21.5 Å². The Bertz CT molecular complexity index is 1220. The van der Waals surface area contributed by atoms with Crippen LogP contribution in [0, 0.1) is 17.0 Å². The fourth-order valence-corrected chi connectivity index (χ4v) is 3.07. The molecule has 0 heterocycles. The molecule has 2 amide bonds. The average Bonchev–Trinajstić information content (AvgIpc) is 2.76. The molecular weight excluding hydrogens is 453 g/mol. The Balaban J connectivity index is 1.91. The number of aryl methyl sites for hydroxylation is 1. The van der Waals surface area contributed by atoms with Crippen molar-refractivity contribution < 1.29 is 14.5 Å². The Morgan fingerprint density at radius 2 is 1.69 bits per heavy atom. The number of nitro groups is 1. The van der Waals surface area contributed by atoms with E-state index < -0.39 is 16.7 Å². The van der Waals surface area contributed by atoms with Crippen molar-refractivity contribution in [1.82, 2.24) is 5.32 Å². The van der Waals surface area contributed by atoms with Crippen LogP contribution in [0.4, 0.5) is 11.4 Å². The van der Waals surface area contributed by atoms with Crippen molar-refractivity contribution in [2.75, 3.05) is 5.32 Å². The number of nitrogens with one attached hydrogen (secondary N) is 2. The monoisotopic (exact) mass is 469 g/mol. The van der Waals surface area contributed by atoms with Gasteiger partial charge in [0.15, 0.2) is 0 Å². The van der Waals surface area contributed by atoms with Gasteiger partial charge in [-0.2, -0.15) is 0 Å². The fraction of sp³-hybridized carbons (Fsp3) is 0.0435. The van der Waals surface area contributed by atoms with E-state index in [-0.39, 0.29) is 16.4 Å². The molecule has 3 rings (SSSR count). The normalized spacial score (nSPS) is 11.0. The van der Waals surface area contributed by atoms with Crippen molar-refractivity contribution in [2.24, 2.45) is 0 Å². The second kappa shape index (κ2) is 10.1. The first-order valence-electron chi connectivity index (χ1n) is 9.33. The third-order valence-electron chi connectivity index (χ3n) is 4.37. The number of carbonyl (C=O) groups is 2. The first-order valence-corrected chi connectivity index (χ1v) is 10.1. The molecule has 0 aliphatic carbocycles. The molecule has 2 N–H and O–H groups in total. The van der Waals surface area contributed by atoms with Crippen LogP contribution in [0.3, 0.4) is 0 Å². The van der Waals surface area contributed by atoms with Gasteiger partial charge in [-0.25, -0.2) is 0 Å². The lowest BCUT2D eigenvalue weighted by Gasteiger charge is -2.12. The van der Waals surface area contributed by atoms with E-state index in [4.69, 9.17) is 23.2 Å². The van der Waals surface area contributed by atoms with Crippen LogP contribution in [-0.4, -0.2) is 16.7 Å². The molecule has 0 aliphatic heterocycles. The molecule has 0 unspecified atom stereocenters. The Hall–Kier alpha value is -3.68. The zero-order chi connectivity index (χ0) is 23.3. The summed E-state index contributed by atoms with van der Waals surface area (Å²) in [6, 6.07) is 17.0. The summed E-state index contributed by atoms with van der Waals surface area (Å²) in [5.41, 5.74) is 1.98. The van der Waals surface area contributed by atoms with Gasteiger partial charge in [-0.3, -0.25) is 19.7 Å². The largest absolute Gasteiger partial charge is 0.321 e. The van der Waals surface area contributed by atoms with Crippen LogP contribution in [-0.2, 0) is 4.79 Å². The Morgan fingerprint density at radius 1 is 0.969 bits per heavy atom. The van der Waals surface area contributed by atoms with Gasteiger partial charge in [-0.15, -0.1) is 0 Å². The summed E-state index contributed by atoms with van der Waals surface area (Å²) in [7, 11) is 0. The molecule has 0 saturated carbocycles. The van der Waals surface area contributed by atoms with Gasteiger partial charge in [0.1, 0.15) is 5.70 Å². The fourth-order valence-electron chi connectivity index (χ4n) is 2.77. The second-order valence-electron chi connectivity index (χ2n) is 6.81. The maximum Gasteiger partial charge on any atom is 0.272 e. The number of halogens is 2. The second-order valence-corrected chi connectivity index (χ2v) is 7.63. The highest BCUT2D eigenvalue weighted by Gasteiger charge is 2.16. The van der Waals surface area contributed by atoms with Crippen molar-refractivity contribution in [3.63, 3.8) is 0 Å². The summed E-state index contributed by atoms with van der Waals surface area (Å²) in [5.74, 6) is -1.09. The highest BCUT2D eigenvalue weighted by Crippen LogP contribution is 2.25. The van der Waals surface area contributed by atoms with Crippen LogP contribution in [0.15, 0.2) is 72.4 Å². The van der Waals surface area contributed by atoms with E-state index in [9.17, 15) is 19.7 Å². The van der Waals surface area contributed by atoms with Gasteiger partial charge < -0.3 is 10.6 Å². The number of nitrogens with zero attached hydrogens (tertiary/aromatic N) is 1. The maximum absolute atomic E-state index is 12.9. The zero-order valence-corrected chi connectivity index (χ0v) is 18.3. The van der Waals surface area contributed by atoms with Gasteiger partial charge in [0.25, 0.3) is 17.5 Å². The summed E-state index contributed by atoms with van der Waals surface area (Å²) in [6.07, 6.45) is 1.42. The van der Waals surface area contributed by atoms with Crippen LogP contribution >= 0.6 is 23.2 Å². The Kier molecular flexibility index (Phi) is 7.25. The van der Waals surface area contributed by atoms with Gasteiger partial charge in [0.05, 0.1) is 15.0 Å². The number of hydrogen-bond acceptors (Lipinski definition) is 4. The van der Waals surface area contributed by atoms with Gasteiger partial charge in [0.2, 0.25) is 0 Å². The number of amides is 2. The lowest BCUT2D eigenvalue weighted by molar-refractivity contribution is -0.384.